The SMILES string of the molecule is CC(C)n1ncnc1CC(NN)C1Cc2ccccc2S1. The van der Waals surface area contributed by atoms with Crippen molar-refractivity contribution in [3.05, 3.63) is 42.0 Å². The molecule has 3 rings (SSSR count). The lowest BCUT2D eigenvalue weighted by atomic mass is 10.0. The highest BCUT2D eigenvalue weighted by atomic mass is 32.2. The molecular weight excluding hydrogens is 282 g/mol. The molecule has 0 aliphatic carbocycles. The fourth-order valence-electron chi connectivity index (χ4n) is 2.78. The topological polar surface area (TPSA) is 68.8 Å². The molecule has 0 amide bonds. The van der Waals surface area contributed by atoms with Gasteiger partial charge in [0.2, 0.25) is 0 Å². The molecule has 2 unspecified atom stereocenters. The van der Waals surface area contributed by atoms with Gasteiger partial charge in [-0.3, -0.25) is 11.3 Å². The summed E-state index contributed by atoms with van der Waals surface area (Å²) in [5.41, 5.74) is 4.40. The molecule has 0 saturated carbocycles. The molecule has 0 fully saturated rings. The van der Waals surface area contributed by atoms with Gasteiger partial charge in [-0.2, -0.15) is 5.10 Å². The van der Waals surface area contributed by atoms with Crippen molar-refractivity contribution in [2.45, 2.75) is 48.9 Å². The molecule has 1 aromatic heterocycles. The monoisotopic (exact) mass is 303 g/mol. The second kappa shape index (κ2) is 6.17. The fourth-order valence-corrected chi connectivity index (χ4v) is 4.17. The Morgan fingerprint density at radius 2 is 2.24 bits per heavy atom. The van der Waals surface area contributed by atoms with Crippen LogP contribution >= 0.6 is 11.8 Å². The van der Waals surface area contributed by atoms with Crippen LogP contribution in [0.3, 0.4) is 0 Å². The van der Waals surface area contributed by atoms with Crippen molar-refractivity contribution < 1.29 is 0 Å². The van der Waals surface area contributed by atoms with E-state index < -0.39 is 0 Å². The lowest BCUT2D eigenvalue weighted by Gasteiger charge is -2.22. The first kappa shape index (κ1) is 14.6. The van der Waals surface area contributed by atoms with Crippen LogP contribution in [-0.4, -0.2) is 26.1 Å². The maximum atomic E-state index is 5.81. The molecule has 112 valence electrons. The average Bonchev–Trinajstić information content (AvgIpc) is 3.10. The Kier molecular flexibility index (Phi) is 4.28. The minimum absolute atomic E-state index is 0.184. The number of fused-ring (bicyclic) bond motifs is 1. The molecule has 5 nitrogen and oxygen atoms in total. The molecule has 2 heterocycles. The van der Waals surface area contributed by atoms with Gasteiger partial charge in [0.1, 0.15) is 12.2 Å². The van der Waals surface area contributed by atoms with Gasteiger partial charge >= 0.3 is 0 Å². The van der Waals surface area contributed by atoms with Gasteiger partial charge in [-0.1, -0.05) is 18.2 Å². The third-order valence-corrected chi connectivity index (χ3v) is 5.32. The Bertz CT molecular complexity index is 585. The molecule has 0 spiro atoms. The number of thioether (sulfide) groups is 1. The Labute approximate surface area is 129 Å². The van der Waals surface area contributed by atoms with E-state index in [-0.39, 0.29) is 6.04 Å². The zero-order valence-electron chi connectivity index (χ0n) is 12.4. The van der Waals surface area contributed by atoms with E-state index in [0.717, 1.165) is 18.7 Å². The highest BCUT2D eigenvalue weighted by Gasteiger charge is 2.30. The standard InChI is InChI=1S/C15H21N5S/c1-10(2)20-15(17-9-18-20)8-12(19-16)14-7-11-5-3-4-6-13(11)21-14/h3-6,9-10,12,14,19H,7-8,16H2,1-2H3. The van der Waals surface area contributed by atoms with Gasteiger partial charge in [-0.15, -0.1) is 11.8 Å². The number of hydrogen-bond donors (Lipinski definition) is 2. The smallest absolute Gasteiger partial charge is 0.138 e. The summed E-state index contributed by atoms with van der Waals surface area (Å²) in [4.78, 5) is 5.76. The van der Waals surface area contributed by atoms with E-state index in [1.54, 1.807) is 6.33 Å². The maximum Gasteiger partial charge on any atom is 0.138 e. The quantitative estimate of drug-likeness (QED) is 0.653. The van der Waals surface area contributed by atoms with E-state index in [1.807, 2.05) is 16.4 Å². The van der Waals surface area contributed by atoms with Crippen LogP contribution < -0.4 is 11.3 Å². The number of aromatic nitrogens is 3. The van der Waals surface area contributed by atoms with Crippen molar-refractivity contribution in [3.8, 4) is 0 Å². The largest absolute Gasteiger partial charge is 0.271 e. The van der Waals surface area contributed by atoms with Crippen LogP contribution in [0.2, 0.25) is 0 Å². The van der Waals surface area contributed by atoms with Gasteiger partial charge in [-0.05, 0) is 31.9 Å². The molecule has 1 aliphatic heterocycles. The van der Waals surface area contributed by atoms with Crippen molar-refractivity contribution >= 4 is 11.8 Å². The first-order chi connectivity index (χ1) is 10.2. The van der Waals surface area contributed by atoms with E-state index in [0.29, 0.717) is 11.3 Å². The Morgan fingerprint density at radius 3 is 2.95 bits per heavy atom. The zero-order chi connectivity index (χ0) is 14.8. The number of rotatable bonds is 5. The van der Waals surface area contributed by atoms with Crippen LogP contribution in [0.1, 0.15) is 31.3 Å². The molecule has 1 aromatic carbocycles. The molecule has 21 heavy (non-hydrogen) atoms. The average molecular weight is 303 g/mol. The van der Waals surface area contributed by atoms with Gasteiger partial charge in [0.15, 0.2) is 0 Å². The molecule has 3 N–H and O–H groups in total. The zero-order valence-corrected chi connectivity index (χ0v) is 13.2. The van der Waals surface area contributed by atoms with Crippen LogP contribution in [-0.2, 0) is 12.8 Å². The molecular formula is C15H21N5S. The minimum Gasteiger partial charge on any atom is -0.271 e. The lowest BCUT2D eigenvalue weighted by Crippen LogP contribution is -2.44. The molecule has 1 aliphatic rings. The van der Waals surface area contributed by atoms with Crippen molar-refractivity contribution in [1.29, 1.82) is 0 Å². The normalized spacial score (nSPS) is 19.0. The van der Waals surface area contributed by atoms with Crippen molar-refractivity contribution in [2.75, 3.05) is 0 Å². The lowest BCUT2D eigenvalue weighted by molar-refractivity contribution is 0.452. The third-order valence-electron chi connectivity index (χ3n) is 3.87. The van der Waals surface area contributed by atoms with Crippen LogP contribution in [0.4, 0.5) is 0 Å². The number of nitrogens with one attached hydrogen (secondary N) is 1. The van der Waals surface area contributed by atoms with Crippen molar-refractivity contribution in [1.82, 2.24) is 20.2 Å². The summed E-state index contributed by atoms with van der Waals surface area (Å²) < 4.78 is 1.97. The summed E-state index contributed by atoms with van der Waals surface area (Å²) >= 11 is 1.91. The summed E-state index contributed by atoms with van der Waals surface area (Å²) in [6, 6.07) is 9.08. The van der Waals surface area contributed by atoms with Gasteiger partial charge in [0.05, 0.1) is 0 Å². The van der Waals surface area contributed by atoms with Crippen LogP contribution in [0.25, 0.3) is 0 Å². The van der Waals surface area contributed by atoms with E-state index in [4.69, 9.17) is 5.84 Å². The predicted molar refractivity (Wildman–Crippen MR) is 85.0 cm³/mol. The number of hydrazine groups is 1. The van der Waals surface area contributed by atoms with Gasteiger partial charge < -0.3 is 0 Å². The predicted octanol–water partition coefficient (Wildman–Crippen LogP) is 1.95. The molecule has 0 saturated heterocycles. The van der Waals surface area contributed by atoms with E-state index in [9.17, 15) is 0 Å². The van der Waals surface area contributed by atoms with Crippen LogP contribution in [0, 0.1) is 0 Å². The Balaban J connectivity index is 1.74. The van der Waals surface area contributed by atoms with E-state index >= 15 is 0 Å². The molecule has 0 bridgehead atoms. The second-order valence-corrected chi connectivity index (χ2v) is 6.94. The number of nitrogens with zero attached hydrogens (tertiary/aromatic N) is 3. The summed E-state index contributed by atoms with van der Waals surface area (Å²) in [6.45, 7) is 4.23. The number of benzene rings is 1. The molecule has 0 radical (unpaired) electrons. The van der Waals surface area contributed by atoms with Crippen molar-refractivity contribution in [3.63, 3.8) is 0 Å². The van der Waals surface area contributed by atoms with Gasteiger partial charge in [0.25, 0.3) is 0 Å². The Morgan fingerprint density at radius 1 is 1.43 bits per heavy atom. The highest BCUT2D eigenvalue weighted by molar-refractivity contribution is 8.00. The summed E-state index contributed by atoms with van der Waals surface area (Å²) in [5.74, 6) is 6.80. The van der Waals surface area contributed by atoms with Gasteiger partial charge in [-0.25, -0.2) is 9.67 Å². The first-order valence-corrected chi connectivity index (χ1v) is 8.16. The molecule has 2 aromatic rings. The maximum absolute atomic E-state index is 5.81. The number of hydrogen-bond acceptors (Lipinski definition) is 5. The van der Waals surface area contributed by atoms with Crippen molar-refractivity contribution in [2.24, 2.45) is 5.84 Å². The van der Waals surface area contributed by atoms with E-state index in [2.05, 4.69) is 53.6 Å². The minimum atomic E-state index is 0.184. The third kappa shape index (κ3) is 2.97. The van der Waals surface area contributed by atoms with Gasteiger partial charge in [0, 0.05) is 28.6 Å². The van der Waals surface area contributed by atoms with Crippen LogP contribution in [0.5, 0.6) is 0 Å². The fraction of sp³-hybridized carbons (Fsp3) is 0.467. The Hall–Kier alpha value is -1.37. The highest BCUT2D eigenvalue weighted by Crippen LogP contribution is 2.38. The molecule has 2 atom stereocenters. The summed E-state index contributed by atoms with van der Waals surface area (Å²) in [7, 11) is 0. The summed E-state index contributed by atoms with van der Waals surface area (Å²) in [5, 5.41) is 4.73. The first-order valence-electron chi connectivity index (χ1n) is 7.28. The van der Waals surface area contributed by atoms with Crippen LogP contribution in [0.15, 0.2) is 35.5 Å². The number of nitrogens with two attached hydrogens (primary N) is 1. The molecule has 6 heteroatoms. The van der Waals surface area contributed by atoms with E-state index in [1.165, 1.54) is 10.5 Å². The second-order valence-electron chi connectivity index (χ2n) is 5.66. The summed E-state index contributed by atoms with van der Waals surface area (Å²) in [6.07, 6.45) is 3.46.